The van der Waals surface area contributed by atoms with E-state index in [-0.39, 0.29) is 0 Å². The van der Waals surface area contributed by atoms with Crippen LogP contribution in [0.2, 0.25) is 0 Å². The first-order valence-corrected chi connectivity index (χ1v) is 13.8. The molecule has 2 N–H and O–H groups in total. The van der Waals surface area contributed by atoms with Gasteiger partial charge in [0.25, 0.3) is 0 Å². The molecule has 218 valence electrons. The van der Waals surface area contributed by atoms with Crippen molar-refractivity contribution in [1.82, 2.24) is 9.97 Å². The van der Waals surface area contributed by atoms with Crippen molar-refractivity contribution < 1.29 is 23.0 Å². The first-order chi connectivity index (χ1) is 20.5. The van der Waals surface area contributed by atoms with Gasteiger partial charge in [-0.05, 0) is 48.4 Å². The Morgan fingerprint density at radius 1 is 0.857 bits per heavy atom. The molecule has 0 saturated carbocycles. The Kier molecular flexibility index (Phi) is 7.91. The zero-order valence-electron chi connectivity index (χ0n) is 23.5. The summed E-state index contributed by atoms with van der Waals surface area (Å²) >= 11 is 0. The number of morpholine rings is 1. The molecule has 2 aliphatic heterocycles. The van der Waals surface area contributed by atoms with Crippen LogP contribution < -0.4 is 29.9 Å². The first-order valence-electron chi connectivity index (χ1n) is 13.8. The van der Waals surface area contributed by atoms with E-state index in [0.29, 0.717) is 55.1 Å². The Bertz CT molecular complexity index is 1560. The Balaban J connectivity index is 1.33. The standard InChI is InChI=1S/C31H32F2N6O3/c1-40-23-7-3-20(4-8-23)19-39-12-11-24-29(34-21-5-9-25(32)26(33)17-21)36-31(37-30(24)39)35-27-10-6-22(18-28(27)41-2)38-13-15-42-16-14-38/h3-10,17-18H,11-16,19H2,1-2H3,(H2,34,35,36,37). The number of fused-ring (bicyclic) bond motifs is 1. The van der Waals surface area contributed by atoms with Gasteiger partial charge < -0.3 is 34.6 Å². The molecule has 0 radical (unpaired) electrons. The molecule has 11 heteroatoms. The van der Waals surface area contributed by atoms with E-state index in [0.717, 1.165) is 60.1 Å². The van der Waals surface area contributed by atoms with E-state index in [4.69, 9.17) is 24.2 Å². The molecule has 0 spiro atoms. The Hall–Kier alpha value is -4.64. The van der Waals surface area contributed by atoms with Gasteiger partial charge in [-0.1, -0.05) is 12.1 Å². The van der Waals surface area contributed by atoms with Crippen LogP contribution >= 0.6 is 0 Å². The highest BCUT2D eigenvalue weighted by Crippen LogP contribution is 2.37. The third-order valence-corrected chi connectivity index (χ3v) is 7.44. The molecule has 4 aromatic rings. The maximum Gasteiger partial charge on any atom is 0.231 e. The van der Waals surface area contributed by atoms with Crippen molar-refractivity contribution in [2.75, 3.05) is 67.5 Å². The molecule has 6 rings (SSSR count). The van der Waals surface area contributed by atoms with Gasteiger partial charge in [0, 0.05) is 55.2 Å². The summed E-state index contributed by atoms with van der Waals surface area (Å²) in [5.74, 6) is 1.23. The van der Waals surface area contributed by atoms with Gasteiger partial charge in [-0.25, -0.2) is 8.78 Å². The van der Waals surface area contributed by atoms with E-state index in [9.17, 15) is 8.78 Å². The second kappa shape index (κ2) is 12.1. The normalized spacial score (nSPS) is 14.5. The molecule has 1 fully saturated rings. The van der Waals surface area contributed by atoms with Gasteiger partial charge in [0.15, 0.2) is 11.6 Å². The van der Waals surface area contributed by atoms with Crippen LogP contribution in [0.5, 0.6) is 11.5 Å². The SMILES string of the molecule is COc1ccc(CN2CCc3c(Nc4ccc(F)c(F)c4)nc(Nc4ccc(N5CCOCC5)cc4OC)nc32)cc1. The number of halogens is 2. The second-order valence-electron chi connectivity index (χ2n) is 10.1. The molecular formula is C31H32F2N6O3. The monoisotopic (exact) mass is 574 g/mol. The Morgan fingerprint density at radius 2 is 1.67 bits per heavy atom. The summed E-state index contributed by atoms with van der Waals surface area (Å²) in [6.07, 6.45) is 0.690. The van der Waals surface area contributed by atoms with E-state index in [1.807, 2.05) is 42.5 Å². The van der Waals surface area contributed by atoms with E-state index in [1.54, 1.807) is 14.2 Å². The average Bonchev–Trinajstić information content (AvgIpc) is 3.42. The minimum Gasteiger partial charge on any atom is -0.497 e. The fraction of sp³-hybridized carbons (Fsp3) is 0.290. The quantitative estimate of drug-likeness (QED) is 0.263. The Morgan fingerprint density at radius 3 is 2.40 bits per heavy atom. The molecule has 2 aliphatic rings. The van der Waals surface area contributed by atoms with Crippen molar-refractivity contribution in [3.05, 3.63) is 83.4 Å². The maximum atomic E-state index is 14.0. The van der Waals surface area contributed by atoms with Gasteiger partial charge in [-0.3, -0.25) is 0 Å². The number of ether oxygens (including phenoxy) is 3. The van der Waals surface area contributed by atoms with E-state index >= 15 is 0 Å². The molecule has 1 saturated heterocycles. The van der Waals surface area contributed by atoms with Crippen molar-refractivity contribution in [3.8, 4) is 11.5 Å². The zero-order chi connectivity index (χ0) is 29.1. The molecule has 0 bridgehead atoms. The second-order valence-corrected chi connectivity index (χ2v) is 10.1. The van der Waals surface area contributed by atoms with E-state index < -0.39 is 11.6 Å². The summed E-state index contributed by atoms with van der Waals surface area (Å²) in [6.45, 7) is 4.36. The summed E-state index contributed by atoms with van der Waals surface area (Å²) in [6, 6.07) is 17.6. The van der Waals surface area contributed by atoms with Crippen LogP contribution in [0.15, 0.2) is 60.7 Å². The summed E-state index contributed by atoms with van der Waals surface area (Å²) < 4.78 is 44.1. The van der Waals surface area contributed by atoms with Gasteiger partial charge in [-0.15, -0.1) is 0 Å². The largest absolute Gasteiger partial charge is 0.497 e. The molecule has 42 heavy (non-hydrogen) atoms. The molecule has 1 aromatic heterocycles. The number of anilines is 6. The molecule has 0 atom stereocenters. The minimum atomic E-state index is -0.935. The predicted octanol–water partition coefficient (Wildman–Crippen LogP) is 5.66. The number of rotatable bonds is 9. The van der Waals surface area contributed by atoms with Crippen LogP contribution in [-0.4, -0.2) is 57.0 Å². The van der Waals surface area contributed by atoms with Crippen molar-refractivity contribution >= 4 is 34.6 Å². The number of methoxy groups -OCH3 is 2. The van der Waals surface area contributed by atoms with Gasteiger partial charge in [0.1, 0.15) is 23.1 Å². The lowest BCUT2D eigenvalue weighted by molar-refractivity contribution is 0.122. The van der Waals surface area contributed by atoms with E-state index in [2.05, 4.69) is 20.4 Å². The highest BCUT2D eigenvalue weighted by molar-refractivity contribution is 5.73. The van der Waals surface area contributed by atoms with Gasteiger partial charge in [-0.2, -0.15) is 9.97 Å². The highest BCUT2D eigenvalue weighted by atomic mass is 19.2. The Labute approximate surface area is 243 Å². The number of nitrogens with zero attached hydrogens (tertiary/aromatic N) is 4. The lowest BCUT2D eigenvalue weighted by atomic mass is 10.2. The lowest BCUT2D eigenvalue weighted by Crippen LogP contribution is -2.36. The number of hydrogen-bond acceptors (Lipinski definition) is 9. The van der Waals surface area contributed by atoms with Crippen LogP contribution in [0.3, 0.4) is 0 Å². The molecule has 3 heterocycles. The smallest absolute Gasteiger partial charge is 0.231 e. The van der Waals surface area contributed by atoms with Crippen molar-refractivity contribution in [2.45, 2.75) is 13.0 Å². The van der Waals surface area contributed by atoms with Gasteiger partial charge in [0.05, 0.1) is 33.1 Å². The average molecular weight is 575 g/mol. The molecule has 0 unspecified atom stereocenters. The maximum absolute atomic E-state index is 14.0. The van der Waals surface area contributed by atoms with Crippen LogP contribution in [0.25, 0.3) is 0 Å². The number of hydrogen-bond donors (Lipinski definition) is 2. The van der Waals surface area contributed by atoms with Crippen LogP contribution in [-0.2, 0) is 17.7 Å². The van der Waals surface area contributed by atoms with Crippen LogP contribution in [0.4, 0.5) is 43.4 Å². The predicted molar refractivity (Wildman–Crippen MR) is 159 cm³/mol. The third kappa shape index (κ3) is 5.87. The topological polar surface area (TPSA) is 84.0 Å². The first kappa shape index (κ1) is 27.5. The number of benzene rings is 3. The molecular weight excluding hydrogens is 542 g/mol. The van der Waals surface area contributed by atoms with Crippen molar-refractivity contribution in [2.24, 2.45) is 0 Å². The highest BCUT2D eigenvalue weighted by Gasteiger charge is 2.27. The van der Waals surface area contributed by atoms with Crippen LogP contribution in [0, 0.1) is 11.6 Å². The third-order valence-electron chi connectivity index (χ3n) is 7.44. The minimum absolute atomic E-state index is 0.345. The number of nitrogens with one attached hydrogen (secondary N) is 2. The molecule has 3 aromatic carbocycles. The lowest BCUT2D eigenvalue weighted by Gasteiger charge is -2.29. The fourth-order valence-corrected chi connectivity index (χ4v) is 5.21. The number of aromatic nitrogens is 2. The molecule has 0 aliphatic carbocycles. The van der Waals surface area contributed by atoms with Gasteiger partial charge in [0.2, 0.25) is 5.95 Å². The molecule has 9 nitrogen and oxygen atoms in total. The summed E-state index contributed by atoms with van der Waals surface area (Å²) in [7, 11) is 3.27. The molecule has 0 amide bonds. The van der Waals surface area contributed by atoms with Crippen molar-refractivity contribution in [1.29, 1.82) is 0 Å². The summed E-state index contributed by atoms with van der Waals surface area (Å²) in [4.78, 5) is 14.1. The summed E-state index contributed by atoms with van der Waals surface area (Å²) in [5, 5.41) is 6.51. The van der Waals surface area contributed by atoms with E-state index in [1.165, 1.54) is 6.07 Å². The van der Waals surface area contributed by atoms with Crippen LogP contribution in [0.1, 0.15) is 11.1 Å². The van der Waals surface area contributed by atoms with Crippen molar-refractivity contribution in [3.63, 3.8) is 0 Å². The summed E-state index contributed by atoms with van der Waals surface area (Å²) in [5.41, 5.74) is 4.14. The van der Waals surface area contributed by atoms with Gasteiger partial charge >= 0.3 is 0 Å². The zero-order valence-corrected chi connectivity index (χ0v) is 23.5. The fourth-order valence-electron chi connectivity index (χ4n) is 5.21.